The highest BCUT2D eigenvalue weighted by molar-refractivity contribution is 5.96. The fourth-order valence-corrected chi connectivity index (χ4v) is 3.49. The number of hydrogen-bond acceptors (Lipinski definition) is 6. The van der Waals surface area contributed by atoms with Gasteiger partial charge in [0.15, 0.2) is 5.82 Å². The average molecular weight is 393 g/mol. The maximum atomic E-state index is 12.5. The van der Waals surface area contributed by atoms with Crippen molar-refractivity contribution in [2.45, 2.75) is 25.2 Å². The normalized spacial score (nSPS) is 16.3. The Morgan fingerprint density at radius 3 is 2.62 bits per heavy atom. The van der Waals surface area contributed by atoms with E-state index in [9.17, 15) is 4.79 Å². The summed E-state index contributed by atoms with van der Waals surface area (Å²) in [5.41, 5.74) is 1.99. The molecule has 1 saturated heterocycles. The lowest BCUT2D eigenvalue weighted by Gasteiger charge is -2.16. The molecule has 2 aromatic carbocycles. The van der Waals surface area contributed by atoms with Gasteiger partial charge in [-0.3, -0.25) is 4.79 Å². The van der Waals surface area contributed by atoms with Crippen LogP contribution in [-0.2, 0) is 17.6 Å². The number of benzene rings is 2. The molecule has 1 aliphatic rings. The third kappa shape index (κ3) is 4.23. The van der Waals surface area contributed by atoms with Gasteiger partial charge < -0.3 is 18.9 Å². The second-order valence-corrected chi connectivity index (χ2v) is 7.00. The molecule has 1 atom stereocenters. The van der Waals surface area contributed by atoms with Crippen LogP contribution in [0.4, 0.5) is 5.69 Å². The van der Waals surface area contributed by atoms with Crippen LogP contribution >= 0.6 is 0 Å². The van der Waals surface area contributed by atoms with E-state index in [0.29, 0.717) is 31.1 Å². The Kier molecular flexibility index (Phi) is 5.46. The molecule has 1 unspecified atom stereocenters. The summed E-state index contributed by atoms with van der Waals surface area (Å²) in [5, 5.41) is 4.12. The largest absolute Gasteiger partial charge is 0.497 e. The van der Waals surface area contributed by atoms with Crippen molar-refractivity contribution in [2.75, 3.05) is 25.7 Å². The minimum atomic E-state index is -0.0767. The molecule has 4 rings (SSSR count). The molecule has 1 amide bonds. The molecule has 0 radical (unpaired) electrons. The van der Waals surface area contributed by atoms with E-state index in [2.05, 4.69) is 10.1 Å². The Labute approximate surface area is 169 Å². The van der Waals surface area contributed by atoms with Crippen molar-refractivity contribution in [1.82, 2.24) is 10.1 Å². The Morgan fingerprint density at radius 2 is 1.86 bits per heavy atom. The molecular formula is C22H23N3O4. The van der Waals surface area contributed by atoms with E-state index in [-0.39, 0.29) is 11.8 Å². The smallest absolute Gasteiger partial charge is 0.227 e. The maximum absolute atomic E-state index is 12.5. The first-order chi connectivity index (χ1) is 14.2. The molecule has 150 valence electrons. The topological polar surface area (TPSA) is 77.7 Å². The van der Waals surface area contributed by atoms with Gasteiger partial charge >= 0.3 is 0 Å². The summed E-state index contributed by atoms with van der Waals surface area (Å²) < 4.78 is 15.9. The summed E-state index contributed by atoms with van der Waals surface area (Å²) in [4.78, 5) is 18.8. The third-order valence-electron chi connectivity index (χ3n) is 5.13. The molecular weight excluding hydrogens is 370 g/mol. The molecule has 1 aliphatic heterocycles. The number of methoxy groups -OCH3 is 2. The van der Waals surface area contributed by atoms with Gasteiger partial charge in [-0.1, -0.05) is 23.4 Å². The SMILES string of the molecule is COc1ccc(CCc2nc(C3CC(=O)N(c4cccc(OC)c4)C3)no2)cc1. The van der Waals surface area contributed by atoms with Crippen LogP contribution in [0.2, 0.25) is 0 Å². The van der Waals surface area contributed by atoms with E-state index in [0.717, 1.165) is 23.6 Å². The molecule has 7 nitrogen and oxygen atoms in total. The number of aromatic nitrogens is 2. The highest BCUT2D eigenvalue weighted by atomic mass is 16.5. The van der Waals surface area contributed by atoms with Crippen molar-refractivity contribution in [3.05, 3.63) is 65.8 Å². The van der Waals surface area contributed by atoms with Crippen LogP contribution in [0, 0.1) is 0 Å². The van der Waals surface area contributed by atoms with Crippen LogP contribution in [0.25, 0.3) is 0 Å². The molecule has 29 heavy (non-hydrogen) atoms. The van der Waals surface area contributed by atoms with Gasteiger partial charge in [0.2, 0.25) is 11.8 Å². The van der Waals surface area contributed by atoms with E-state index < -0.39 is 0 Å². The zero-order chi connectivity index (χ0) is 20.2. The Balaban J connectivity index is 1.39. The van der Waals surface area contributed by atoms with Crippen molar-refractivity contribution in [3.63, 3.8) is 0 Å². The molecule has 1 fully saturated rings. The lowest BCUT2D eigenvalue weighted by atomic mass is 10.1. The van der Waals surface area contributed by atoms with Crippen LogP contribution in [0.5, 0.6) is 11.5 Å². The monoisotopic (exact) mass is 393 g/mol. The van der Waals surface area contributed by atoms with Crippen LogP contribution in [-0.4, -0.2) is 36.8 Å². The maximum Gasteiger partial charge on any atom is 0.227 e. The van der Waals surface area contributed by atoms with Gasteiger partial charge in [-0.15, -0.1) is 0 Å². The number of rotatable bonds is 7. The van der Waals surface area contributed by atoms with Gasteiger partial charge in [0, 0.05) is 37.1 Å². The van der Waals surface area contributed by atoms with Gasteiger partial charge in [0.05, 0.1) is 14.2 Å². The zero-order valence-corrected chi connectivity index (χ0v) is 16.5. The first kappa shape index (κ1) is 19.0. The molecule has 0 spiro atoms. The van der Waals surface area contributed by atoms with E-state index in [4.69, 9.17) is 14.0 Å². The number of carbonyl (C=O) groups is 1. The molecule has 0 aliphatic carbocycles. The van der Waals surface area contributed by atoms with E-state index in [1.54, 1.807) is 19.1 Å². The summed E-state index contributed by atoms with van der Waals surface area (Å²) in [7, 11) is 3.26. The number of aryl methyl sites for hydroxylation is 2. The molecule has 2 heterocycles. The minimum Gasteiger partial charge on any atom is -0.497 e. The number of amides is 1. The van der Waals surface area contributed by atoms with Gasteiger partial charge in [0.1, 0.15) is 11.5 Å². The van der Waals surface area contributed by atoms with Crippen LogP contribution < -0.4 is 14.4 Å². The van der Waals surface area contributed by atoms with Crippen molar-refractivity contribution >= 4 is 11.6 Å². The van der Waals surface area contributed by atoms with Crippen molar-refractivity contribution in [1.29, 1.82) is 0 Å². The van der Waals surface area contributed by atoms with Gasteiger partial charge in [-0.2, -0.15) is 4.98 Å². The number of hydrogen-bond donors (Lipinski definition) is 0. The summed E-state index contributed by atoms with van der Waals surface area (Å²) in [5.74, 6) is 2.70. The number of ether oxygens (including phenoxy) is 2. The predicted molar refractivity (Wildman–Crippen MR) is 107 cm³/mol. The number of carbonyl (C=O) groups excluding carboxylic acids is 1. The van der Waals surface area contributed by atoms with Crippen LogP contribution in [0.1, 0.15) is 29.6 Å². The molecule has 0 bridgehead atoms. The van der Waals surface area contributed by atoms with Crippen molar-refractivity contribution < 1.29 is 18.8 Å². The number of nitrogens with zero attached hydrogens (tertiary/aromatic N) is 3. The second kappa shape index (κ2) is 8.34. The van der Waals surface area contributed by atoms with E-state index in [1.165, 1.54) is 5.56 Å². The Hall–Kier alpha value is -3.35. The number of anilines is 1. The standard InChI is InChI=1S/C22H23N3O4/c1-27-18-9-6-15(7-10-18)8-11-20-23-22(24-29-20)16-12-21(26)25(14-16)17-4-3-5-19(13-17)28-2/h3-7,9-10,13,16H,8,11-12,14H2,1-2H3. The molecule has 0 N–H and O–H groups in total. The first-order valence-electron chi connectivity index (χ1n) is 9.56. The third-order valence-corrected chi connectivity index (χ3v) is 5.13. The van der Waals surface area contributed by atoms with E-state index in [1.807, 2.05) is 48.5 Å². The summed E-state index contributed by atoms with van der Waals surface area (Å²) in [6.07, 6.45) is 1.82. The lowest BCUT2D eigenvalue weighted by molar-refractivity contribution is -0.117. The van der Waals surface area contributed by atoms with E-state index >= 15 is 0 Å². The summed E-state index contributed by atoms with van der Waals surface area (Å²) in [6, 6.07) is 15.4. The average Bonchev–Trinajstić information content (AvgIpc) is 3.39. The molecule has 7 heteroatoms. The second-order valence-electron chi connectivity index (χ2n) is 7.00. The minimum absolute atomic E-state index is 0.0489. The van der Waals surface area contributed by atoms with Gasteiger partial charge in [-0.25, -0.2) is 0 Å². The molecule has 0 saturated carbocycles. The Morgan fingerprint density at radius 1 is 1.07 bits per heavy atom. The van der Waals surface area contributed by atoms with Crippen molar-refractivity contribution in [2.24, 2.45) is 0 Å². The van der Waals surface area contributed by atoms with Crippen LogP contribution in [0.3, 0.4) is 0 Å². The predicted octanol–water partition coefficient (Wildman–Crippen LogP) is 3.39. The van der Waals surface area contributed by atoms with Gasteiger partial charge in [-0.05, 0) is 36.2 Å². The van der Waals surface area contributed by atoms with Crippen LogP contribution in [0.15, 0.2) is 53.1 Å². The molecule has 1 aromatic heterocycles. The van der Waals surface area contributed by atoms with Gasteiger partial charge in [0.25, 0.3) is 0 Å². The summed E-state index contributed by atoms with van der Waals surface area (Å²) >= 11 is 0. The highest BCUT2D eigenvalue weighted by Gasteiger charge is 2.34. The van der Waals surface area contributed by atoms with Crippen molar-refractivity contribution in [3.8, 4) is 11.5 Å². The Bertz CT molecular complexity index is 984. The quantitative estimate of drug-likeness (QED) is 0.612. The zero-order valence-electron chi connectivity index (χ0n) is 16.5. The highest BCUT2D eigenvalue weighted by Crippen LogP contribution is 2.32. The molecule has 3 aromatic rings. The first-order valence-corrected chi connectivity index (χ1v) is 9.56. The summed E-state index contributed by atoms with van der Waals surface area (Å²) in [6.45, 7) is 0.531. The lowest BCUT2D eigenvalue weighted by Crippen LogP contribution is -2.24. The fourth-order valence-electron chi connectivity index (χ4n) is 3.49. The fraction of sp³-hybridized carbons (Fsp3) is 0.318.